The zero-order valence-corrected chi connectivity index (χ0v) is 15.8. The summed E-state index contributed by atoms with van der Waals surface area (Å²) in [6.45, 7) is 5.73. The van der Waals surface area contributed by atoms with E-state index < -0.39 is 6.04 Å². The Morgan fingerprint density at radius 2 is 1.81 bits per heavy atom. The SMILES string of the molecule is COc1ccccc1C1NC(=O)NC(C)=C1C(=O)Nc1ccc(C)c(C)c1. The summed E-state index contributed by atoms with van der Waals surface area (Å²) in [5.41, 5.74) is 4.63. The molecule has 3 amide bonds. The van der Waals surface area contributed by atoms with E-state index in [0.717, 1.165) is 16.7 Å². The minimum absolute atomic E-state index is 0.279. The van der Waals surface area contributed by atoms with Crippen molar-refractivity contribution >= 4 is 17.6 Å². The van der Waals surface area contributed by atoms with Crippen LogP contribution in [0.4, 0.5) is 10.5 Å². The molecular formula is C21H23N3O3. The lowest BCUT2D eigenvalue weighted by molar-refractivity contribution is -0.113. The molecule has 2 aromatic carbocycles. The summed E-state index contributed by atoms with van der Waals surface area (Å²) >= 11 is 0. The third-order valence-electron chi connectivity index (χ3n) is 4.73. The highest BCUT2D eigenvalue weighted by molar-refractivity contribution is 6.07. The molecule has 27 heavy (non-hydrogen) atoms. The van der Waals surface area contributed by atoms with Crippen molar-refractivity contribution in [2.24, 2.45) is 0 Å². The summed E-state index contributed by atoms with van der Waals surface area (Å²) in [6.07, 6.45) is 0. The molecule has 2 aromatic rings. The topological polar surface area (TPSA) is 79.5 Å². The average molecular weight is 365 g/mol. The van der Waals surface area contributed by atoms with Crippen LogP contribution in [-0.4, -0.2) is 19.0 Å². The van der Waals surface area contributed by atoms with Crippen LogP contribution < -0.4 is 20.7 Å². The molecule has 0 saturated carbocycles. The lowest BCUT2D eigenvalue weighted by atomic mass is 9.94. The molecule has 3 N–H and O–H groups in total. The molecule has 6 heteroatoms. The first-order valence-electron chi connectivity index (χ1n) is 8.70. The molecule has 1 aliphatic heterocycles. The lowest BCUT2D eigenvalue weighted by Crippen LogP contribution is -2.46. The van der Waals surface area contributed by atoms with E-state index in [-0.39, 0.29) is 11.9 Å². The smallest absolute Gasteiger partial charge is 0.319 e. The summed E-state index contributed by atoms with van der Waals surface area (Å²) in [5, 5.41) is 8.44. The summed E-state index contributed by atoms with van der Waals surface area (Å²) in [5.74, 6) is 0.327. The molecule has 1 aliphatic rings. The van der Waals surface area contributed by atoms with E-state index in [4.69, 9.17) is 4.74 Å². The van der Waals surface area contributed by atoms with Gasteiger partial charge in [-0.15, -0.1) is 0 Å². The molecule has 0 spiro atoms. The average Bonchev–Trinajstić information content (AvgIpc) is 2.64. The second kappa shape index (κ2) is 7.53. The van der Waals surface area contributed by atoms with Gasteiger partial charge in [-0.3, -0.25) is 4.79 Å². The fraction of sp³-hybridized carbons (Fsp3) is 0.238. The highest BCUT2D eigenvalue weighted by Crippen LogP contribution is 2.33. The number of para-hydroxylation sites is 1. The Labute approximate surface area is 158 Å². The predicted molar refractivity (Wildman–Crippen MR) is 105 cm³/mol. The number of amides is 3. The number of carbonyl (C=O) groups is 2. The van der Waals surface area contributed by atoms with E-state index in [1.807, 2.05) is 50.2 Å². The maximum atomic E-state index is 13.1. The highest BCUT2D eigenvalue weighted by Gasteiger charge is 2.32. The Bertz CT molecular complexity index is 934. The van der Waals surface area contributed by atoms with Gasteiger partial charge < -0.3 is 20.7 Å². The number of rotatable bonds is 4. The lowest BCUT2D eigenvalue weighted by Gasteiger charge is -2.29. The van der Waals surface area contributed by atoms with Crippen LogP contribution in [0.5, 0.6) is 5.75 Å². The van der Waals surface area contributed by atoms with Crippen LogP contribution >= 0.6 is 0 Å². The van der Waals surface area contributed by atoms with Crippen LogP contribution in [0.1, 0.15) is 29.7 Å². The summed E-state index contributed by atoms with van der Waals surface area (Å²) in [6, 6.07) is 12.1. The third-order valence-corrected chi connectivity index (χ3v) is 4.73. The standard InChI is InChI=1S/C21H23N3O3/c1-12-9-10-15(11-13(12)2)23-20(25)18-14(3)22-21(26)24-19(18)16-7-5-6-8-17(16)27-4/h5-11,19H,1-4H3,(H,23,25)(H2,22,24,26). The van der Waals surface area contributed by atoms with Gasteiger partial charge in [0, 0.05) is 16.9 Å². The molecule has 6 nitrogen and oxygen atoms in total. The number of allylic oxidation sites excluding steroid dienone is 1. The number of methoxy groups -OCH3 is 1. The number of benzene rings is 2. The number of urea groups is 1. The Morgan fingerprint density at radius 1 is 1.07 bits per heavy atom. The molecule has 0 radical (unpaired) electrons. The summed E-state index contributed by atoms with van der Waals surface area (Å²) in [4.78, 5) is 25.1. The maximum absolute atomic E-state index is 13.1. The van der Waals surface area contributed by atoms with E-state index in [1.165, 1.54) is 0 Å². The third kappa shape index (κ3) is 3.79. The molecule has 1 heterocycles. The molecule has 0 fully saturated rings. The first-order valence-corrected chi connectivity index (χ1v) is 8.70. The Hall–Kier alpha value is -3.28. The van der Waals surface area contributed by atoms with Gasteiger partial charge in [-0.25, -0.2) is 4.79 Å². The van der Waals surface area contributed by atoms with Crippen molar-refractivity contribution in [2.75, 3.05) is 12.4 Å². The van der Waals surface area contributed by atoms with Gasteiger partial charge in [-0.05, 0) is 50.1 Å². The minimum Gasteiger partial charge on any atom is -0.496 e. The molecule has 0 aliphatic carbocycles. The molecular weight excluding hydrogens is 342 g/mol. The van der Waals surface area contributed by atoms with Crippen LogP contribution in [0.15, 0.2) is 53.7 Å². The number of nitrogens with one attached hydrogen (secondary N) is 3. The van der Waals surface area contributed by atoms with E-state index in [1.54, 1.807) is 20.1 Å². The number of carbonyl (C=O) groups excluding carboxylic acids is 2. The zero-order chi connectivity index (χ0) is 19.6. The van der Waals surface area contributed by atoms with Crippen molar-refractivity contribution in [1.82, 2.24) is 10.6 Å². The van der Waals surface area contributed by atoms with E-state index >= 15 is 0 Å². The first kappa shape index (κ1) is 18.5. The zero-order valence-electron chi connectivity index (χ0n) is 15.8. The molecule has 0 aromatic heterocycles. The molecule has 1 unspecified atom stereocenters. The molecule has 0 saturated heterocycles. The predicted octanol–water partition coefficient (Wildman–Crippen LogP) is 3.58. The first-order chi connectivity index (χ1) is 12.9. The van der Waals surface area contributed by atoms with Gasteiger partial charge in [-0.2, -0.15) is 0 Å². The van der Waals surface area contributed by atoms with Crippen molar-refractivity contribution in [1.29, 1.82) is 0 Å². The summed E-state index contributed by atoms with van der Waals surface area (Å²) in [7, 11) is 1.56. The molecule has 140 valence electrons. The Kier molecular flexibility index (Phi) is 5.16. The van der Waals surface area contributed by atoms with Gasteiger partial charge in [0.15, 0.2) is 0 Å². The molecule has 0 bridgehead atoms. The second-order valence-corrected chi connectivity index (χ2v) is 6.57. The highest BCUT2D eigenvalue weighted by atomic mass is 16.5. The van der Waals surface area contributed by atoms with E-state index in [2.05, 4.69) is 16.0 Å². The minimum atomic E-state index is -0.610. The van der Waals surface area contributed by atoms with Crippen molar-refractivity contribution in [3.8, 4) is 5.75 Å². The van der Waals surface area contributed by atoms with Gasteiger partial charge in [-0.1, -0.05) is 24.3 Å². The monoisotopic (exact) mass is 365 g/mol. The Morgan fingerprint density at radius 3 is 2.52 bits per heavy atom. The Balaban J connectivity index is 1.98. The number of anilines is 1. The van der Waals surface area contributed by atoms with Crippen LogP contribution in [0.3, 0.4) is 0 Å². The fourth-order valence-corrected chi connectivity index (χ4v) is 3.15. The van der Waals surface area contributed by atoms with Crippen molar-refractivity contribution in [3.63, 3.8) is 0 Å². The summed E-state index contributed by atoms with van der Waals surface area (Å²) < 4.78 is 5.42. The number of hydrogen-bond donors (Lipinski definition) is 3. The van der Waals surface area contributed by atoms with Crippen molar-refractivity contribution in [2.45, 2.75) is 26.8 Å². The number of aryl methyl sites for hydroxylation is 2. The van der Waals surface area contributed by atoms with E-state index in [9.17, 15) is 9.59 Å². The largest absolute Gasteiger partial charge is 0.496 e. The van der Waals surface area contributed by atoms with Crippen LogP contribution in [-0.2, 0) is 4.79 Å². The fourth-order valence-electron chi connectivity index (χ4n) is 3.15. The van der Waals surface area contributed by atoms with Crippen LogP contribution in [0.2, 0.25) is 0 Å². The van der Waals surface area contributed by atoms with Gasteiger partial charge in [0.25, 0.3) is 5.91 Å². The van der Waals surface area contributed by atoms with Crippen LogP contribution in [0.25, 0.3) is 0 Å². The molecule has 3 rings (SSSR count). The maximum Gasteiger partial charge on any atom is 0.319 e. The van der Waals surface area contributed by atoms with Crippen molar-refractivity contribution < 1.29 is 14.3 Å². The van der Waals surface area contributed by atoms with Crippen molar-refractivity contribution in [3.05, 3.63) is 70.4 Å². The second-order valence-electron chi connectivity index (χ2n) is 6.57. The van der Waals surface area contributed by atoms with E-state index in [0.29, 0.717) is 22.7 Å². The normalized spacial score (nSPS) is 16.4. The van der Waals surface area contributed by atoms with Gasteiger partial charge in [0.1, 0.15) is 5.75 Å². The van der Waals surface area contributed by atoms with Gasteiger partial charge in [0.2, 0.25) is 0 Å². The van der Waals surface area contributed by atoms with Crippen LogP contribution in [0, 0.1) is 13.8 Å². The van der Waals surface area contributed by atoms with Gasteiger partial charge in [0.05, 0.1) is 18.7 Å². The number of ether oxygens (including phenoxy) is 1. The quantitative estimate of drug-likeness (QED) is 0.775. The molecule has 1 atom stereocenters. The number of hydrogen-bond acceptors (Lipinski definition) is 3. The van der Waals surface area contributed by atoms with Gasteiger partial charge >= 0.3 is 6.03 Å².